The van der Waals surface area contributed by atoms with Crippen LogP contribution in [0.15, 0.2) is 32.7 Å². The fourth-order valence-corrected chi connectivity index (χ4v) is 2.67. The molecule has 0 spiro atoms. The molecule has 5 nitrogen and oxygen atoms in total. The summed E-state index contributed by atoms with van der Waals surface area (Å²) in [6.45, 7) is 1.95. The molecule has 0 saturated carbocycles. The number of aryl methyl sites for hydroxylation is 1. The maximum absolute atomic E-state index is 5.96. The highest BCUT2D eigenvalue weighted by Crippen LogP contribution is 2.34. The van der Waals surface area contributed by atoms with Crippen molar-refractivity contribution in [2.24, 2.45) is 0 Å². The zero-order chi connectivity index (χ0) is 13.4. The lowest BCUT2D eigenvalue weighted by Crippen LogP contribution is -1.88. The first-order chi connectivity index (χ1) is 9.15. The Kier molecular flexibility index (Phi) is 3.08. The minimum Gasteiger partial charge on any atom is -0.397 e. The summed E-state index contributed by atoms with van der Waals surface area (Å²) in [6, 6.07) is 3.70. The summed E-state index contributed by atoms with van der Waals surface area (Å²) in [5, 5.41) is 5.89. The van der Waals surface area contributed by atoms with Crippen molar-refractivity contribution in [3.8, 4) is 22.3 Å². The van der Waals surface area contributed by atoms with Crippen LogP contribution in [0.5, 0.6) is 0 Å². The standard InChI is InChI=1S/C12H9BrN4OS/c1-6-5-19-10(9(6)14)12-16-11(17-18-12)8-3-2-7(13)4-15-8/h2-5H,14H2,1H3. The molecule has 0 radical (unpaired) electrons. The molecule has 96 valence electrons. The quantitative estimate of drug-likeness (QED) is 0.774. The Morgan fingerprint density at radius 1 is 1.37 bits per heavy atom. The third-order valence-corrected chi connectivity index (χ3v) is 4.17. The molecule has 3 aromatic rings. The van der Waals surface area contributed by atoms with Gasteiger partial charge in [0.1, 0.15) is 10.6 Å². The van der Waals surface area contributed by atoms with Crippen molar-refractivity contribution in [2.45, 2.75) is 6.92 Å². The Hall–Kier alpha value is -1.73. The molecule has 0 fully saturated rings. The molecule has 0 aliphatic carbocycles. The zero-order valence-corrected chi connectivity index (χ0v) is 12.3. The van der Waals surface area contributed by atoms with Gasteiger partial charge in [-0.1, -0.05) is 5.16 Å². The first kappa shape index (κ1) is 12.3. The predicted octanol–water partition coefficient (Wildman–Crippen LogP) is 3.51. The highest BCUT2D eigenvalue weighted by atomic mass is 79.9. The Bertz CT molecular complexity index is 720. The number of nitrogens with two attached hydrogens (primary N) is 1. The summed E-state index contributed by atoms with van der Waals surface area (Å²) < 4.78 is 6.15. The van der Waals surface area contributed by atoms with Crippen LogP contribution in [0.25, 0.3) is 22.3 Å². The van der Waals surface area contributed by atoms with Crippen molar-refractivity contribution in [3.05, 3.63) is 33.7 Å². The number of hydrogen-bond acceptors (Lipinski definition) is 6. The second-order valence-corrected chi connectivity index (χ2v) is 5.74. The van der Waals surface area contributed by atoms with Crippen LogP contribution in [0.1, 0.15) is 5.56 Å². The lowest BCUT2D eigenvalue weighted by molar-refractivity contribution is 0.433. The van der Waals surface area contributed by atoms with Gasteiger partial charge in [0.2, 0.25) is 5.82 Å². The highest BCUT2D eigenvalue weighted by molar-refractivity contribution is 9.10. The second kappa shape index (κ2) is 4.75. The van der Waals surface area contributed by atoms with E-state index in [1.165, 1.54) is 11.3 Å². The number of rotatable bonds is 2. The number of thiophene rings is 1. The van der Waals surface area contributed by atoms with E-state index in [1.807, 2.05) is 24.4 Å². The van der Waals surface area contributed by atoms with E-state index in [4.69, 9.17) is 10.3 Å². The van der Waals surface area contributed by atoms with Crippen LogP contribution in [-0.2, 0) is 0 Å². The van der Waals surface area contributed by atoms with E-state index in [1.54, 1.807) is 6.20 Å². The van der Waals surface area contributed by atoms with Crippen LogP contribution >= 0.6 is 27.3 Å². The van der Waals surface area contributed by atoms with Gasteiger partial charge in [-0.3, -0.25) is 4.98 Å². The van der Waals surface area contributed by atoms with Crippen LogP contribution in [0.2, 0.25) is 0 Å². The summed E-state index contributed by atoms with van der Waals surface area (Å²) in [4.78, 5) is 9.35. The van der Waals surface area contributed by atoms with E-state index in [0.717, 1.165) is 14.9 Å². The first-order valence-electron chi connectivity index (χ1n) is 5.44. The molecule has 3 aromatic heterocycles. The van der Waals surface area contributed by atoms with Crippen LogP contribution in [0.4, 0.5) is 5.69 Å². The number of nitrogen functional groups attached to an aromatic ring is 1. The summed E-state index contributed by atoms with van der Waals surface area (Å²) >= 11 is 4.82. The first-order valence-corrected chi connectivity index (χ1v) is 7.12. The molecule has 0 unspecified atom stereocenters. The van der Waals surface area contributed by atoms with Gasteiger partial charge < -0.3 is 10.3 Å². The molecule has 7 heteroatoms. The lowest BCUT2D eigenvalue weighted by Gasteiger charge is -1.93. The number of hydrogen-bond donors (Lipinski definition) is 1. The third-order valence-electron chi connectivity index (χ3n) is 2.60. The van der Waals surface area contributed by atoms with Gasteiger partial charge in [-0.15, -0.1) is 11.3 Å². The molecule has 0 saturated heterocycles. The summed E-state index contributed by atoms with van der Waals surface area (Å²) in [6.07, 6.45) is 1.69. The summed E-state index contributed by atoms with van der Waals surface area (Å²) in [5.41, 5.74) is 8.32. The average molecular weight is 337 g/mol. The van der Waals surface area contributed by atoms with Crippen molar-refractivity contribution < 1.29 is 4.52 Å². The zero-order valence-electron chi connectivity index (χ0n) is 9.92. The van der Waals surface area contributed by atoms with Crippen LogP contribution < -0.4 is 5.73 Å². The third kappa shape index (κ3) is 2.26. The molecular formula is C12H9BrN4OS. The van der Waals surface area contributed by atoms with Crippen molar-refractivity contribution in [1.82, 2.24) is 15.1 Å². The Labute approximate surface area is 121 Å². The largest absolute Gasteiger partial charge is 0.397 e. The number of nitrogens with zero attached hydrogens (tertiary/aromatic N) is 3. The van der Waals surface area contributed by atoms with Gasteiger partial charge in [0.25, 0.3) is 5.89 Å². The number of aromatic nitrogens is 3. The Balaban J connectivity index is 2.00. The molecule has 19 heavy (non-hydrogen) atoms. The van der Waals surface area contributed by atoms with Gasteiger partial charge in [-0.05, 0) is 45.9 Å². The predicted molar refractivity (Wildman–Crippen MR) is 77.7 cm³/mol. The van der Waals surface area contributed by atoms with Crippen LogP contribution in [0.3, 0.4) is 0 Å². The van der Waals surface area contributed by atoms with E-state index in [-0.39, 0.29) is 0 Å². The maximum atomic E-state index is 5.96. The van der Waals surface area contributed by atoms with E-state index in [2.05, 4.69) is 31.1 Å². The second-order valence-electron chi connectivity index (χ2n) is 3.95. The fraction of sp³-hybridized carbons (Fsp3) is 0.0833. The van der Waals surface area contributed by atoms with Crippen molar-refractivity contribution >= 4 is 33.0 Å². The molecule has 2 N–H and O–H groups in total. The van der Waals surface area contributed by atoms with Crippen molar-refractivity contribution in [3.63, 3.8) is 0 Å². The normalized spacial score (nSPS) is 10.8. The minimum atomic E-state index is 0.426. The summed E-state index contributed by atoms with van der Waals surface area (Å²) in [7, 11) is 0. The molecule has 0 aliphatic rings. The molecule has 3 rings (SSSR count). The van der Waals surface area contributed by atoms with E-state index < -0.39 is 0 Å². The average Bonchev–Trinajstić information content (AvgIpc) is 2.99. The van der Waals surface area contributed by atoms with E-state index in [9.17, 15) is 0 Å². The number of pyridine rings is 1. The van der Waals surface area contributed by atoms with E-state index in [0.29, 0.717) is 23.1 Å². The van der Waals surface area contributed by atoms with E-state index >= 15 is 0 Å². The topological polar surface area (TPSA) is 77.8 Å². The molecule has 0 aromatic carbocycles. The monoisotopic (exact) mass is 336 g/mol. The van der Waals surface area contributed by atoms with Gasteiger partial charge in [0, 0.05) is 10.7 Å². The number of anilines is 1. The summed E-state index contributed by atoms with van der Waals surface area (Å²) in [5.74, 6) is 0.878. The minimum absolute atomic E-state index is 0.426. The number of halogens is 1. The van der Waals surface area contributed by atoms with Crippen molar-refractivity contribution in [2.75, 3.05) is 5.73 Å². The van der Waals surface area contributed by atoms with Gasteiger partial charge in [0.05, 0.1) is 5.69 Å². The highest BCUT2D eigenvalue weighted by Gasteiger charge is 2.16. The molecule has 0 atom stereocenters. The van der Waals surface area contributed by atoms with Gasteiger partial charge >= 0.3 is 0 Å². The Morgan fingerprint density at radius 2 is 2.21 bits per heavy atom. The van der Waals surface area contributed by atoms with Crippen LogP contribution in [-0.4, -0.2) is 15.1 Å². The molecule has 0 aliphatic heterocycles. The molecule has 3 heterocycles. The van der Waals surface area contributed by atoms with Crippen molar-refractivity contribution in [1.29, 1.82) is 0 Å². The van der Waals surface area contributed by atoms with Gasteiger partial charge in [0.15, 0.2) is 0 Å². The Morgan fingerprint density at radius 3 is 2.84 bits per heavy atom. The van der Waals surface area contributed by atoms with Crippen LogP contribution in [0, 0.1) is 6.92 Å². The van der Waals surface area contributed by atoms with Gasteiger partial charge in [-0.25, -0.2) is 0 Å². The van der Waals surface area contributed by atoms with Gasteiger partial charge in [-0.2, -0.15) is 4.98 Å². The molecular weight excluding hydrogens is 328 g/mol. The smallest absolute Gasteiger partial charge is 0.270 e. The lowest BCUT2D eigenvalue weighted by atomic mass is 10.3. The maximum Gasteiger partial charge on any atom is 0.270 e. The molecule has 0 amide bonds. The fourth-order valence-electron chi connectivity index (χ4n) is 1.55. The molecule has 0 bridgehead atoms. The SMILES string of the molecule is Cc1csc(-c2nc(-c3ccc(Br)cn3)no2)c1N.